The zero-order valence-corrected chi connectivity index (χ0v) is 12.6. The Hall–Kier alpha value is -1.12. The summed E-state index contributed by atoms with van der Waals surface area (Å²) >= 11 is 0. The van der Waals surface area contributed by atoms with Crippen LogP contribution in [0, 0.1) is 6.92 Å². The molecular formula is C13H18F3NO3S. The summed E-state index contributed by atoms with van der Waals surface area (Å²) in [4.78, 5) is -0.434. The number of aryl methyl sites for hydroxylation is 1. The fraction of sp³-hybridized carbons (Fsp3) is 0.538. The Labute approximate surface area is 122 Å². The Morgan fingerprint density at radius 3 is 2.43 bits per heavy atom. The second kappa shape index (κ2) is 6.76. The molecule has 1 atom stereocenters. The van der Waals surface area contributed by atoms with Crippen LogP contribution in [0.25, 0.3) is 0 Å². The van der Waals surface area contributed by atoms with E-state index in [0.29, 0.717) is 12.5 Å². The van der Waals surface area contributed by atoms with Crippen molar-refractivity contribution in [1.82, 2.24) is 4.72 Å². The maximum absolute atomic E-state index is 12.8. The van der Waals surface area contributed by atoms with Crippen molar-refractivity contribution in [2.75, 3.05) is 6.61 Å². The van der Waals surface area contributed by atoms with E-state index in [9.17, 15) is 21.6 Å². The van der Waals surface area contributed by atoms with Crippen LogP contribution in [0.4, 0.5) is 13.2 Å². The van der Waals surface area contributed by atoms with E-state index in [-0.39, 0.29) is 18.6 Å². The first-order valence-electron chi connectivity index (χ1n) is 6.43. The Bertz CT molecular complexity index is 585. The molecule has 0 aromatic heterocycles. The number of aliphatic hydroxyl groups is 1. The minimum Gasteiger partial charge on any atom is -0.396 e. The molecule has 0 amide bonds. The molecule has 0 aliphatic heterocycles. The van der Waals surface area contributed by atoms with E-state index >= 15 is 0 Å². The number of aliphatic hydroxyl groups excluding tert-OH is 1. The molecule has 0 bridgehead atoms. The van der Waals surface area contributed by atoms with Gasteiger partial charge in [-0.25, -0.2) is 13.1 Å². The minimum atomic E-state index is -4.61. The normalized spacial score (nSPS) is 14.2. The number of rotatable bonds is 6. The molecule has 1 aromatic rings. The Balaban J connectivity index is 3.15. The van der Waals surface area contributed by atoms with Crippen LogP contribution in [0.15, 0.2) is 23.1 Å². The molecule has 0 aliphatic carbocycles. The van der Waals surface area contributed by atoms with Gasteiger partial charge in [0.05, 0.1) is 10.5 Å². The van der Waals surface area contributed by atoms with Crippen molar-refractivity contribution in [1.29, 1.82) is 0 Å². The molecule has 21 heavy (non-hydrogen) atoms. The highest BCUT2D eigenvalue weighted by Crippen LogP contribution is 2.33. The Kier molecular flexibility index (Phi) is 5.77. The molecule has 4 nitrogen and oxygen atoms in total. The van der Waals surface area contributed by atoms with Crippen molar-refractivity contribution in [3.05, 3.63) is 29.3 Å². The quantitative estimate of drug-likeness (QED) is 0.844. The lowest BCUT2D eigenvalue weighted by molar-refractivity contribution is -0.138. The first-order chi connectivity index (χ1) is 9.61. The minimum absolute atomic E-state index is 0.0381. The van der Waals surface area contributed by atoms with Crippen LogP contribution < -0.4 is 4.72 Å². The number of alkyl halides is 3. The van der Waals surface area contributed by atoms with Crippen molar-refractivity contribution in [2.24, 2.45) is 0 Å². The number of hydrogen-bond donors (Lipinski definition) is 2. The topological polar surface area (TPSA) is 66.4 Å². The molecule has 0 saturated heterocycles. The molecule has 0 saturated carbocycles. The Morgan fingerprint density at radius 2 is 1.95 bits per heavy atom. The van der Waals surface area contributed by atoms with Crippen molar-refractivity contribution in [3.63, 3.8) is 0 Å². The maximum atomic E-state index is 12.8. The van der Waals surface area contributed by atoms with Crippen LogP contribution in [0.3, 0.4) is 0 Å². The van der Waals surface area contributed by atoms with Gasteiger partial charge >= 0.3 is 6.18 Å². The van der Waals surface area contributed by atoms with Gasteiger partial charge in [0.25, 0.3) is 0 Å². The highest BCUT2D eigenvalue weighted by atomic mass is 32.2. The first kappa shape index (κ1) is 17.9. The third-order valence-corrected chi connectivity index (χ3v) is 4.64. The van der Waals surface area contributed by atoms with Gasteiger partial charge in [-0.2, -0.15) is 13.2 Å². The standard InChI is InChI=1S/C13H18F3NO3S/c1-3-10(6-7-18)17-21(19,20)11-5-4-9(2)12(8-11)13(14,15)16/h4-5,8,10,17-18H,3,6-7H2,1-2H3. The fourth-order valence-corrected chi connectivity index (χ4v) is 3.24. The summed E-state index contributed by atoms with van der Waals surface area (Å²) in [5.41, 5.74) is -1.01. The predicted octanol–water partition coefficient (Wildman–Crippen LogP) is 2.45. The fourth-order valence-electron chi connectivity index (χ4n) is 1.86. The zero-order chi connectivity index (χ0) is 16.3. The summed E-state index contributed by atoms with van der Waals surface area (Å²) in [5.74, 6) is 0. The number of benzene rings is 1. The predicted molar refractivity (Wildman–Crippen MR) is 72.3 cm³/mol. The van der Waals surface area contributed by atoms with Gasteiger partial charge in [0.15, 0.2) is 0 Å². The second-order valence-electron chi connectivity index (χ2n) is 4.71. The largest absolute Gasteiger partial charge is 0.416 e. The third kappa shape index (κ3) is 4.69. The van der Waals surface area contributed by atoms with Crippen molar-refractivity contribution in [2.45, 2.75) is 43.8 Å². The van der Waals surface area contributed by atoms with E-state index in [1.807, 2.05) is 0 Å². The van der Waals surface area contributed by atoms with Gasteiger partial charge in [0.1, 0.15) is 0 Å². The SMILES string of the molecule is CCC(CCO)NS(=O)(=O)c1ccc(C)c(C(F)(F)F)c1. The summed E-state index contributed by atoms with van der Waals surface area (Å²) in [7, 11) is -4.05. The molecule has 1 unspecified atom stereocenters. The molecule has 0 fully saturated rings. The van der Waals surface area contributed by atoms with E-state index in [2.05, 4.69) is 4.72 Å². The average Bonchev–Trinajstić information content (AvgIpc) is 2.36. The molecule has 1 rings (SSSR count). The number of nitrogens with one attached hydrogen (secondary N) is 1. The van der Waals surface area contributed by atoms with Crippen molar-refractivity contribution in [3.8, 4) is 0 Å². The molecule has 8 heteroatoms. The Morgan fingerprint density at radius 1 is 1.33 bits per heavy atom. The summed E-state index contributed by atoms with van der Waals surface area (Å²) in [6.07, 6.45) is -3.98. The van der Waals surface area contributed by atoms with Crippen LogP contribution in [-0.2, 0) is 16.2 Å². The average molecular weight is 325 g/mol. The highest BCUT2D eigenvalue weighted by Gasteiger charge is 2.33. The monoisotopic (exact) mass is 325 g/mol. The highest BCUT2D eigenvalue weighted by molar-refractivity contribution is 7.89. The molecule has 1 aromatic carbocycles. The smallest absolute Gasteiger partial charge is 0.396 e. The van der Waals surface area contributed by atoms with Crippen LogP contribution in [0.1, 0.15) is 30.9 Å². The summed E-state index contributed by atoms with van der Waals surface area (Å²) < 4.78 is 65.0. The molecule has 0 aliphatic rings. The number of halogens is 3. The lowest BCUT2D eigenvalue weighted by Crippen LogP contribution is -2.35. The van der Waals surface area contributed by atoms with Gasteiger partial charge in [-0.1, -0.05) is 13.0 Å². The first-order valence-corrected chi connectivity index (χ1v) is 7.91. The van der Waals surface area contributed by atoms with E-state index in [1.54, 1.807) is 6.92 Å². The zero-order valence-electron chi connectivity index (χ0n) is 11.7. The van der Waals surface area contributed by atoms with Crippen molar-refractivity contribution < 1.29 is 26.7 Å². The molecule has 0 heterocycles. The van der Waals surface area contributed by atoms with Crippen LogP contribution in [-0.4, -0.2) is 26.2 Å². The van der Waals surface area contributed by atoms with Gasteiger partial charge in [-0.15, -0.1) is 0 Å². The van der Waals surface area contributed by atoms with Gasteiger partial charge in [-0.3, -0.25) is 0 Å². The lowest BCUT2D eigenvalue weighted by atomic mass is 10.1. The summed E-state index contributed by atoms with van der Waals surface area (Å²) in [6.45, 7) is 2.79. The van der Waals surface area contributed by atoms with E-state index in [0.717, 1.165) is 12.1 Å². The second-order valence-corrected chi connectivity index (χ2v) is 6.43. The van der Waals surface area contributed by atoms with Gasteiger partial charge < -0.3 is 5.11 Å². The van der Waals surface area contributed by atoms with Gasteiger partial charge in [0, 0.05) is 12.6 Å². The van der Waals surface area contributed by atoms with Crippen LogP contribution in [0.2, 0.25) is 0 Å². The lowest BCUT2D eigenvalue weighted by Gasteiger charge is -2.17. The third-order valence-electron chi connectivity index (χ3n) is 3.12. The van der Waals surface area contributed by atoms with Gasteiger partial charge in [-0.05, 0) is 37.5 Å². The molecule has 0 radical (unpaired) electrons. The summed E-state index contributed by atoms with van der Waals surface area (Å²) in [6, 6.07) is 2.38. The van der Waals surface area contributed by atoms with Crippen LogP contribution in [0.5, 0.6) is 0 Å². The van der Waals surface area contributed by atoms with E-state index < -0.39 is 32.7 Å². The maximum Gasteiger partial charge on any atom is 0.416 e. The van der Waals surface area contributed by atoms with Crippen molar-refractivity contribution >= 4 is 10.0 Å². The van der Waals surface area contributed by atoms with E-state index in [4.69, 9.17) is 5.11 Å². The van der Waals surface area contributed by atoms with E-state index in [1.165, 1.54) is 6.92 Å². The molecular weight excluding hydrogens is 307 g/mol. The number of sulfonamides is 1. The number of hydrogen-bond acceptors (Lipinski definition) is 3. The van der Waals surface area contributed by atoms with Crippen LogP contribution >= 0.6 is 0 Å². The molecule has 0 spiro atoms. The van der Waals surface area contributed by atoms with Gasteiger partial charge in [0.2, 0.25) is 10.0 Å². The molecule has 2 N–H and O–H groups in total. The summed E-state index contributed by atoms with van der Waals surface area (Å²) in [5, 5.41) is 8.84. The molecule has 120 valence electrons.